The average molecular weight is 287 g/mol. The highest BCUT2D eigenvalue weighted by Gasteiger charge is 2.27. The Balaban J connectivity index is 1.73. The zero-order valence-electron chi connectivity index (χ0n) is 14.1. The molecule has 1 aromatic carbocycles. The fraction of sp³-hybridized carbons (Fsp3) is 0.700. The molecule has 1 unspecified atom stereocenters. The van der Waals surface area contributed by atoms with E-state index in [1.807, 2.05) is 0 Å². The number of rotatable bonds is 7. The molecule has 1 aromatic rings. The molecule has 0 aliphatic heterocycles. The Hall–Kier alpha value is -0.820. The largest absolute Gasteiger partial charge is 0.317 e. The Morgan fingerprint density at radius 3 is 2.19 bits per heavy atom. The predicted octanol–water partition coefficient (Wildman–Crippen LogP) is 5.06. The lowest BCUT2D eigenvalue weighted by molar-refractivity contribution is 0.186. The summed E-state index contributed by atoms with van der Waals surface area (Å²) in [6.07, 6.45) is 9.60. The van der Waals surface area contributed by atoms with Gasteiger partial charge in [0.2, 0.25) is 0 Å². The summed E-state index contributed by atoms with van der Waals surface area (Å²) in [5, 5.41) is 3.60. The summed E-state index contributed by atoms with van der Waals surface area (Å²) in [4.78, 5) is 0. The Morgan fingerprint density at radius 2 is 1.62 bits per heavy atom. The molecule has 1 aliphatic rings. The first-order valence-electron chi connectivity index (χ1n) is 8.92. The van der Waals surface area contributed by atoms with Gasteiger partial charge in [-0.25, -0.2) is 0 Å². The van der Waals surface area contributed by atoms with Crippen LogP contribution in [0.2, 0.25) is 0 Å². The normalized spacial score (nSPS) is 24.2. The molecule has 118 valence electrons. The van der Waals surface area contributed by atoms with Crippen molar-refractivity contribution in [1.29, 1.82) is 0 Å². The summed E-state index contributed by atoms with van der Waals surface area (Å²) < 4.78 is 0. The lowest BCUT2D eigenvalue weighted by atomic mass is 9.74. The average Bonchev–Trinajstić information content (AvgIpc) is 2.53. The molecular formula is C20H33N. The maximum atomic E-state index is 3.60. The van der Waals surface area contributed by atoms with E-state index < -0.39 is 0 Å². The molecular weight excluding hydrogens is 254 g/mol. The van der Waals surface area contributed by atoms with Crippen LogP contribution in [0.3, 0.4) is 0 Å². The number of hydrogen-bond donors (Lipinski definition) is 1. The van der Waals surface area contributed by atoms with Crippen LogP contribution in [0.25, 0.3) is 0 Å². The van der Waals surface area contributed by atoms with Crippen LogP contribution in [-0.4, -0.2) is 13.1 Å². The van der Waals surface area contributed by atoms with Crippen LogP contribution in [0, 0.1) is 17.8 Å². The number of hydrogen-bond acceptors (Lipinski definition) is 1. The lowest BCUT2D eigenvalue weighted by Crippen LogP contribution is -2.36. The van der Waals surface area contributed by atoms with Crippen LogP contribution in [0.15, 0.2) is 30.3 Å². The minimum absolute atomic E-state index is 0.724. The molecule has 21 heavy (non-hydrogen) atoms. The third kappa shape index (κ3) is 5.14. The molecule has 1 nitrogen and oxygen atoms in total. The molecule has 0 aromatic heterocycles. The van der Waals surface area contributed by atoms with E-state index in [-0.39, 0.29) is 0 Å². The van der Waals surface area contributed by atoms with Gasteiger partial charge in [-0.2, -0.15) is 0 Å². The number of aryl methyl sites for hydroxylation is 1. The van der Waals surface area contributed by atoms with Gasteiger partial charge in [-0.15, -0.1) is 0 Å². The van der Waals surface area contributed by atoms with E-state index in [1.54, 1.807) is 0 Å². The van der Waals surface area contributed by atoms with Crippen molar-refractivity contribution < 1.29 is 0 Å². The fourth-order valence-corrected chi connectivity index (χ4v) is 4.00. The van der Waals surface area contributed by atoms with Gasteiger partial charge in [0.15, 0.2) is 0 Å². The van der Waals surface area contributed by atoms with Gasteiger partial charge in [0.1, 0.15) is 0 Å². The first-order valence-corrected chi connectivity index (χ1v) is 8.92. The van der Waals surface area contributed by atoms with Crippen molar-refractivity contribution in [3.8, 4) is 0 Å². The minimum atomic E-state index is 0.724. The van der Waals surface area contributed by atoms with Gasteiger partial charge >= 0.3 is 0 Å². The second-order valence-corrected chi connectivity index (χ2v) is 7.19. The highest BCUT2D eigenvalue weighted by atomic mass is 14.9. The van der Waals surface area contributed by atoms with Crippen molar-refractivity contribution in [1.82, 2.24) is 5.32 Å². The Kier molecular flexibility index (Phi) is 6.76. The van der Waals surface area contributed by atoms with Gasteiger partial charge in [0, 0.05) is 6.04 Å². The molecule has 1 saturated carbocycles. The molecule has 0 spiro atoms. The summed E-state index contributed by atoms with van der Waals surface area (Å²) in [6, 6.07) is 11.6. The maximum Gasteiger partial charge on any atom is 0.00924 e. The Bertz CT molecular complexity index is 376. The first kappa shape index (κ1) is 16.5. The van der Waals surface area contributed by atoms with Gasteiger partial charge in [0.05, 0.1) is 0 Å². The summed E-state index contributed by atoms with van der Waals surface area (Å²) >= 11 is 0. The van der Waals surface area contributed by atoms with Crippen LogP contribution in [0.1, 0.15) is 57.9 Å². The summed E-state index contributed by atoms with van der Waals surface area (Å²) in [5.74, 6) is 2.75. The van der Waals surface area contributed by atoms with Gasteiger partial charge in [-0.3, -0.25) is 0 Å². The standard InChI is InChI=1S/C20H33N/c1-16(2)18-12-14-19(15-13-18)20(21-3)11-7-10-17-8-5-4-6-9-17/h4-6,8-9,16,18-21H,7,10-15H2,1-3H3. The smallest absolute Gasteiger partial charge is 0.00924 e. The second-order valence-electron chi connectivity index (χ2n) is 7.19. The quantitative estimate of drug-likeness (QED) is 0.739. The topological polar surface area (TPSA) is 12.0 Å². The van der Waals surface area contributed by atoms with Crippen LogP contribution in [-0.2, 0) is 6.42 Å². The third-order valence-electron chi connectivity index (χ3n) is 5.52. The predicted molar refractivity (Wildman–Crippen MR) is 92.5 cm³/mol. The van der Waals surface area contributed by atoms with Gasteiger partial charge in [-0.1, -0.05) is 44.2 Å². The zero-order chi connectivity index (χ0) is 15.1. The van der Waals surface area contributed by atoms with Crippen molar-refractivity contribution in [2.75, 3.05) is 7.05 Å². The van der Waals surface area contributed by atoms with Crippen molar-refractivity contribution in [2.45, 2.75) is 64.8 Å². The number of benzene rings is 1. The van der Waals surface area contributed by atoms with Crippen molar-refractivity contribution in [2.24, 2.45) is 17.8 Å². The summed E-state index contributed by atoms with van der Waals surface area (Å²) in [6.45, 7) is 4.78. The lowest BCUT2D eigenvalue weighted by Gasteiger charge is -2.35. The van der Waals surface area contributed by atoms with Gasteiger partial charge in [-0.05, 0) is 75.3 Å². The second kappa shape index (κ2) is 8.58. The Labute approximate surface area is 131 Å². The van der Waals surface area contributed by atoms with Crippen LogP contribution in [0.5, 0.6) is 0 Å². The molecule has 1 fully saturated rings. The van der Waals surface area contributed by atoms with Gasteiger partial charge in [0.25, 0.3) is 0 Å². The van der Waals surface area contributed by atoms with Crippen LogP contribution < -0.4 is 5.32 Å². The van der Waals surface area contributed by atoms with Crippen molar-refractivity contribution >= 4 is 0 Å². The monoisotopic (exact) mass is 287 g/mol. The molecule has 2 rings (SSSR count). The SMILES string of the molecule is CNC(CCCc1ccccc1)C1CCC(C(C)C)CC1. The molecule has 1 heteroatoms. The van der Waals surface area contributed by atoms with E-state index in [2.05, 4.69) is 56.5 Å². The highest BCUT2D eigenvalue weighted by Crippen LogP contribution is 2.35. The van der Waals surface area contributed by atoms with E-state index in [0.717, 1.165) is 23.8 Å². The molecule has 0 radical (unpaired) electrons. The van der Waals surface area contributed by atoms with Crippen LogP contribution in [0.4, 0.5) is 0 Å². The van der Waals surface area contributed by atoms with E-state index >= 15 is 0 Å². The summed E-state index contributed by atoms with van der Waals surface area (Å²) in [5.41, 5.74) is 1.48. The highest BCUT2D eigenvalue weighted by molar-refractivity contribution is 5.14. The minimum Gasteiger partial charge on any atom is -0.317 e. The van der Waals surface area contributed by atoms with Crippen molar-refractivity contribution in [3.63, 3.8) is 0 Å². The molecule has 0 saturated heterocycles. The third-order valence-corrected chi connectivity index (χ3v) is 5.52. The van der Waals surface area contributed by atoms with E-state index in [0.29, 0.717) is 0 Å². The number of nitrogens with one attached hydrogen (secondary N) is 1. The zero-order valence-corrected chi connectivity index (χ0v) is 14.1. The first-order chi connectivity index (χ1) is 10.2. The molecule has 0 amide bonds. The fourth-order valence-electron chi connectivity index (χ4n) is 4.00. The van der Waals surface area contributed by atoms with Crippen molar-refractivity contribution in [3.05, 3.63) is 35.9 Å². The van der Waals surface area contributed by atoms with Crippen LogP contribution >= 0.6 is 0 Å². The maximum absolute atomic E-state index is 3.60. The van der Waals surface area contributed by atoms with E-state index in [9.17, 15) is 0 Å². The van der Waals surface area contributed by atoms with Gasteiger partial charge < -0.3 is 5.32 Å². The molecule has 0 heterocycles. The van der Waals surface area contributed by atoms with E-state index in [4.69, 9.17) is 0 Å². The summed E-state index contributed by atoms with van der Waals surface area (Å²) in [7, 11) is 2.15. The molecule has 1 aliphatic carbocycles. The molecule has 0 bridgehead atoms. The van der Waals surface area contributed by atoms with E-state index in [1.165, 1.54) is 50.5 Å². The molecule has 1 N–H and O–H groups in total. The Morgan fingerprint density at radius 1 is 1.00 bits per heavy atom. The molecule has 1 atom stereocenters.